The molecule has 1 unspecified atom stereocenters. The molecule has 0 spiro atoms. The van der Waals surface area contributed by atoms with Gasteiger partial charge in [-0.2, -0.15) is 0 Å². The third-order valence-corrected chi connectivity index (χ3v) is 6.01. The van der Waals surface area contributed by atoms with Crippen molar-refractivity contribution in [3.05, 3.63) is 63.6 Å². The van der Waals surface area contributed by atoms with E-state index in [1.165, 1.54) is 0 Å². The quantitative estimate of drug-likeness (QED) is 0.200. The van der Waals surface area contributed by atoms with Gasteiger partial charge in [-0.25, -0.2) is 9.59 Å². The zero-order chi connectivity index (χ0) is 28.6. The Balaban J connectivity index is 1.79. The number of hydrogen-bond donors (Lipinski definition) is 1. The average molecular weight is 585 g/mol. The topological polar surface area (TPSA) is 94.5 Å². The lowest BCUT2D eigenvalue weighted by molar-refractivity contribution is -0.149. The van der Waals surface area contributed by atoms with Crippen molar-refractivity contribution in [1.82, 2.24) is 4.90 Å². The number of aliphatic carboxylic acids is 1. The number of carboxylic acid groups (broad SMARTS) is 1. The summed E-state index contributed by atoms with van der Waals surface area (Å²) in [6, 6.07) is 12.5. The Morgan fingerprint density at radius 1 is 0.949 bits per heavy atom. The van der Waals surface area contributed by atoms with Crippen molar-refractivity contribution in [3.63, 3.8) is 0 Å². The van der Waals surface area contributed by atoms with Crippen molar-refractivity contribution in [2.45, 2.75) is 52.7 Å². The molecule has 1 N–H and O–H groups in total. The monoisotopic (exact) mass is 583 g/mol. The summed E-state index contributed by atoms with van der Waals surface area (Å²) >= 11 is 12.1. The molecule has 0 saturated carbocycles. The van der Waals surface area contributed by atoms with E-state index in [1.807, 2.05) is 38.1 Å². The third kappa shape index (κ3) is 13.4. The summed E-state index contributed by atoms with van der Waals surface area (Å²) in [6.07, 6.45) is 0.534. The van der Waals surface area contributed by atoms with Gasteiger partial charge in [0, 0.05) is 36.2 Å². The van der Waals surface area contributed by atoms with E-state index in [2.05, 4.69) is 0 Å². The molecule has 2 aromatic rings. The number of benzene rings is 2. The maximum absolute atomic E-state index is 12.6. The molecule has 2 aromatic carbocycles. The van der Waals surface area contributed by atoms with Crippen LogP contribution in [0, 0.1) is 5.92 Å². The standard InChI is InChI=1S/C29H39Cl2NO7/c1-4-37-27(28(33)34)17-22-7-9-26(10-8-22)38-14-12-32(29(35)39-19-21(2)3)11-5-6-13-36-20-23-15-24(30)18-25(31)16-23/h7-10,15-16,18,21,27H,4-6,11-14,17,19-20H2,1-3H3,(H,33,34). The minimum absolute atomic E-state index is 0.238. The van der Waals surface area contributed by atoms with Gasteiger partial charge in [0.25, 0.3) is 0 Å². The maximum Gasteiger partial charge on any atom is 0.409 e. The van der Waals surface area contributed by atoms with Crippen LogP contribution < -0.4 is 4.74 Å². The lowest BCUT2D eigenvalue weighted by Crippen LogP contribution is -2.36. The first-order valence-corrected chi connectivity index (χ1v) is 13.9. The van der Waals surface area contributed by atoms with Gasteiger partial charge in [-0.1, -0.05) is 49.2 Å². The van der Waals surface area contributed by atoms with Crippen LogP contribution in [0.2, 0.25) is 10.0 Å². The lowest BCUT2D eigenvalue weighted by Gasteiger charge is -2.23. The zero-order valence-electron chi connectivity index (χ0n) is 22.9. The van der Waals surface area contributed by atoms with Crippen LogP contribution in [-0.2, 0) is 32.0 Å². The van der Waals surface area contributed by atoms with E-state index < -0.39 is 12.1 Å². The van der Waals surface area contributed by atoms with Crippen LogP contribution in [0.4, 0.5) is 4.79 Å². The molecular formula is C29H39Cl2NO7. The molecule has 2 rings (SSSR count). The number of ether oxygens (including phenoxy) is 4. The highest BCUT2D eigenvalue weighted by atomic mass is 35.5. The Hall–Kier alpha value is -2.52. The van der Waals surface area contributed by atoms with Gasteiger partial charge in [0.2, 0.25) is 0 Å². The normalized spacial score (nSPS) is 11.8. The van der Waals surface area contributed by atoms with E-state index in [-0.39, 0.29) is 18.4 Å². The average Bonchev–Trinajstić information content (AvgIpc) is 2.88. The summed E-state index contributed by atoms with van der Waals surface area (Å²) in [5.74, 6) is -0.117. The summed E-state index contributed by atoms with van der Waals surface area (Å²) in [6.45, 7) is 8.54. The second-order valence-electron chi connectivity index (χ2n) is 9.47. The fourth-order valence-corrected chi connectivity index (χ4v) is 4.21. The second-order valence-corrected chi connectivity index (χ2v) is 10.3. The molecule has 0 bridgehead atoms. The fraction of sp³-hybridized carbons (Fsp3) is 0.517. The van der Waals surface area contributed by atoms with Crippen molar-refractivity contribution < 1.29 is 33.6 Å². The van der Waals surface area contributed by atoms with Gasteiger partial charge in [0.05, 0.1) is 19.8 Å². The molecule has 0 saturated heterocycles. The molecule has 0 fully saturated rings. The molecule has 8 nitrogen and oxygen atoms in total. The number of carbonyl (C=O) groups is 2. The molecule has 0 aliphatic rings. The third-order valence-electron chi connectivity index (χ3n) is 5.57. The molecule has 1 amide bonds. The lowest BCUT2D eigenvalue weighted by atomic mass is 10.1. The number of hydrogen-bond acceptors (Lipinski definition) is 6. The van der Waals surface area contributed by atoms with E-state index in [1.54, 1.807) is 30.0 Å². The Labute approximate surface area is 241 Å². The van der Waals surface area contributed by atoms with Crippen LogP contribution >= 0.6 is 23.2 Å². The summed E-state index contributed by atoms with van der Waals surface area (Å²) in [5, 5.41) is 10.4. The summed E-state index contributed by atoms with van der Waals surface area (Å²) in [5.41, 5.74) is 1.75. The molecule has 0 aromatic heterocycles. The van der Waals surface area contributed by atoms with Crippen molar-refractivity contribution in [1.29, 1.82) is 0 Å². The summed E-state index contributed by atoms with van der Waals surface area (Å²) in [7, 11) is 0. The Morgan fingerprint density at radius 3 is 2.26 bits per heavy atom. The molecular weight excluding hydrogens is 545 g/mol. The van der Waals surface area contributed by atoms with E-state index in [0.29, 0.717) is 61.9 Å². The first kappa shape index (κ1) is 32.7. The number of carboxylic acids is 1. The van der Waals surface area contributed by atoms with Crippen LogP contribution in [-0.4, -0.2) is 67.7 Å². The van der Waals surface area contributed by atoms with Crippen molar-refractivity contribution >= 4 is 35.3 Å². The van der Waals surface area contributed by atoms with Crippen molar-refractivity contribution in [3.8, 4) is 5.75 Å². The fourth-order valence-electron chi connectivity index (χ4n) is 3.64. The van der Waals surface area contributed by atoms with Crippen LogP contribution in [0.5, 0.6) is 5.75 Å². The molecule has 0 heterocycles. The predicted octanol–water partition coefficient (Wildman–Crippen LogP) is 6.50. The van der Waals surface area contributed by atoms with Gasteiger partial charge in [-0.3, -0.25) is 0 Å². The highest BCUT2D eigenvalue weighted by Crippen LogP contribution is 2.20. The minimum Gasteiger partial charge on any atom is -0.492 e. The minimum atomic E-state index is -0.987. The molecule has 0 radical (unpaired) electrons. The van der Waals surface area contributed by atoms with Crippen LogP contribution in [0.1, 0.15) is 44.7 Å². The molecule has 216 valence electrons. The van der Waals surface area contributed by atoms with Gasteiger partial charge in [-0.15, -0.1) is 0 Å². The van der Waals surface area contributed by atoms with Gasteiger partial charge in [0.1, 0.15) is 12.4 Å². The number of unbranched alkanes of at least 4 members (excludes halogenated alkanes) is 1. The van der Waals surface area contributed by atoms with Gasteiger partial charge < -0.3 is 29.0 Å². The van der Waals surface area contributed by atoms with Crippen molar-refractivity contribution in [2.24, 2.45) is 5.92 Å². The molecule has 1 atom stereocenters. The largest absolute Gasteiger partial charge is 0.492 e. The number of amides is 1. The van der Waals surface area contributed by atoms with Crippen LogP contribution in [0.15, 0.2) is 42.5 Å². The zero-order valence-corrected chi connectivity index (χ0v) is 24.4. The predicted molar refractivity (Wildman–Crippen MR) is 152 cm³/mol. The van der Waals surface area contributed by atoms with E-state index in [4.69, 9.17) is 42.1 Å². The second kappa shape index (κ2) is 17.9. The Morgan fingerprint density at radius 2 is 1.64 bits per heavy atom. The van der Waals surface area contributed by atoms with E-state index in [0.717, 1.165) is 24.0 Å². The first-order valence-electron chi connectivity index (χ1n) is 13.2. The van der Waals surface area contributed by atoms with E-state index in [9.17, 15) is 14.7 Å². The SMILES string of the molecule is CCOC(Cc1ccc(OCCN(CCCCOCc2cc(Cl)cc(Cl)c2)C(=O)OCC(C)C)cc1)C(=O)O. The highest BCUT2D eigenvalue weighted by molar-refractivity contribution is 6.34. The molecule has 0 aliphatic heterocycles. The molecule has 0 aliphatic carbocycles. The van der Waals surface area contributed by atoms with Gasteiger partial charge in [0.15, 0.2) is 6.10 Å². The Kier molecular flexibility index (Phi) is 15.0. The summed E-state index contributed by atoms with van der Waals surface area (Å²) in [4.78, 5) is 25.6. The number of carbonyl (C=O) groups excluding carboxylic acids is 1. The number of rotatable bonds is 18. The summed E-state index contributed by atoms with van der Waals surface area (Å²) < 4.78 is 22.3. The van der Waals surface area contributed by atoms with Gasteiger partial charge in [-0.05, 0) is 67.1 Å². The van der Waals surface area contributed by atoms with Crippen LogP contribution in [0.25, 0.3) is 0 Å². The smallest absolute Gasteiger partial charge is 0.409 e. The number of nitrogens with zero attached hydrogens (tertiary/aromatic N) is 1. The van der Waals surface area contributed by atoms with Crippen LogP contribution in [0.3, 0.4) is 0 Å². The molecule has 39 heavy (non-hydrogen) atoms. The highest BCUT2D eigenvalue weighted by Gasteiger charge is 2.18. The number of halogens is 2. The maximum atomic E-state index is 12.6. The molecule has 10 heteroatoms. The van der Waals surface area contributed by atoms with Gasteiger partial charge >= 0.3 is 12.1 Å². The van der Waals surface area contributed by atoms with Crippen molar-refractivity contribution in [2.75, 3.05) is 39.5 Å². The Bertz CT molecular complexity index is 997. The first-order chi connectivity index (χ1) is 18.7. The van der Waals surface area contributed by atoms with E-state index >= 15 is 0 Å².